The maximum Gasteiger partial charge on any atom is 0.230 e. The Kier molecular flexibility index (Phi) is 5.55. The van der Waals surface area contributed by atoms with Gasteiger partial charge in [0.15, 0.2) is 4.34 Å². The molecule has 1 heterocycles. The van der Waals surface area contributed by atoms with E-state index in [1.54, 1.807) is 5.51 Å². The van der Waals surface area contributed by atoms with Gasteiger partial charge in [0.25, 0.3) is 0 Å². The van der Waals surface area contributed by atoms with E-state index < -0.39 is 0 Å². The summed E-state index contributed by atoms with van der Waals surface area (Å²) in [5.74, 6) is 0.728. The summed E-state index contributed by atoms with van der Waals surface area (Å²) in [5.41, 5.74) is 2.80. The summed E-state index contributed by atoms with van der Waals surface area (Å²) in [6.45, 7) is 4.21. The minimum Gasteiger partial charge on any atom is -0.348 e. The zero-order chi connectivity index (χ0) is 14.4. The first-order valence-electron chi connectivity index (χ1n) is 6.40. The van der Waals surface area contributed by atoms with Crippen molar-refractivity contribution in [2.45, 2.75) is 24.2 Å². The number of hydrogen-bond donors (Lipinski definition) is 1. The summed E-state index contributed by atoms with van der Waals surface area (Å²) < 4.78 is 0.820. The van der Waals surface area contributed by atoms with Crippen LogP contribution in [0.5, 0.6) is 0 Å². The number of carbonyl (C=O) groups is 1. The topological polar surface area (TPSA) is 54.9 Å². The second kappa shape index (κ2) is 7.40. The molecule has 106 valence electrons. The number of rotatable bonds is 6. The lowest BCUT2D eigenvalue weighted by Crippen LogP contribution is -2.32. The van der Waals surface area contributed by atoms with Gasteiger partial charge >= 0.3 is 0 Å². The van der Waals surface area contributed by atoms with Crippen LogP contribution in [0.3, 0.4) is 0 Å². The van der Waals surface area contributed by atoms with Crippen LogP contribution in [0.25, 0.3) is 0 Å². The number of carbonyl (C=O) groups excluding carboxylic acids is 1. The molecule has 0 aliphatic carbocycles. The van der Waals surface area contributed by atoms with E-state index in [1.807, 2.05) is 30.3 Å². The molecule has 2 rings (SSSR count). The van der Waals surface area contributed by atoms with Crippen LogP contribution in [0, 0.1) is 5.92 Å². The summed E-state index contributed by atoms with van der Waals surface area (Å²) in [4.78, 5) is 12.1. The van der Waals surface area contributed by atoms with Gasteiger partial charge in [-0.1, -0.05) is 67.3 Å². The molecule has 0 aliphatic heterocycles. The Morgan fingerprint density at radius 2 is 2.10 bits per heavy atom. The van der Waals surface area contributed by atoms with Crippen molar-refractivity contribution in [1.82, 2.24) is 15.5 Å². The molecule has 0 aliphatic rings. The predicted molar refractivity (Wildman–Crippen MR) is 82.8 cm³/mol. The summed E-state index contributed by atoms with van der Waals surface area (Å²) in [5, 5.41) is 10.8. The van der Waals surface area contributed by atoms with Crippen LogP contribution < -0.4 is 5.32 Å². The Morgan fingerprint density at radius 3 is 2.70 bits per heavy atom. The van der Waals surface area contributed by atoms with E-state index in [9.17, 15) is 4.79 Å². The molecule has 0 spiro atoms. The maximum atomic E-state index is 12.1. The first-order valence-corrected chi connectivity index (χ1v) is 8.26. The van der Waals surface area contributed by atoms with Gasteiger partial charge in [-0.2, -0.15) is 0 Å². The third kappa shape index (κ3) is 4.31. The van der Waals surface area contributed by atoms with Crippen molar-refractivity contribution >= 4 is 29.0 Å². The normalized spacial score (nSPS) is 12.3. The fourth-order valence-electron chi connectivity index (χ4n) is 1.86. The quantitative estimate of drug-likeness (QED) is 0.833. The highest BCUT2D eigenvalue weighted by Crippen LogP contribution is 2.23. The first kappa shape index (κ1) is 15.0. The molecule has 1 aromatic carbocycles. The zero-order valence-corrected chi connectivity index (χ0v) is 13.1. The Labute approximate surface area is 127 Å². The minimum absolute atomic E-state index is 0.0211. The van der Waals surface area contributed by atoms with Crippen LogP contribution >= 0.6 is 23.1 Å². The number of benzene rings is 1. The predicted octanol–water partition coefficient (Wildman–Crippen LogP) is 3.14. The van der Waals surface area contributed by atoms with Crippen molar-refractivity contribution in [2.24, 2.45) is 5.92 Å². The monoisotopic (exact) mass is 307 g/mol. The van der Waals surface area contributed by atoms with Gasteiger partial charge in [-0.25, -0.2) is 0 Å². The van der Waals surface area contributed by atoms with E-state index >= 15 is 0 Å². The highest BCUT2D eigenvalue weighted by molar-refractivity contribution is 8.01. The molecular weight excluding hydrogens is 290 g/mol. The molecular formula is C14H17N3OS2. The van der Waals surface area contributed by atoms with E-state index in [4.69, 9.17) is 0 Å². The first-order chi connectivity index (χ1) is 9.66. The third-order valence-electron chi connectivity index (χ3n) is 2.81. The van der Waals surface area contributed by atoms with Crippen LogP contribution in [-0.2, 0) is 4.79 Å². The van der Waals surface area contributed by atoms with Crippen molar-refractivity contribution < 1.29 is 4.79 Å². The Bertz CT molecular complexity index is 529. The Morgan fingerprint density at radius 1 is 1.35 bits per heavy atom. The second-order valence-corrected chi connectivity index (χ2v) is 6.75. The van der Waals surface area contributed by atoms with Crippen molar-refractivity contribution in [3.63, 3.8) is 0 Å². The van der Waals surface area contributed by atoms with Crippen molar-refractivity contribution in [3.05, 3.63) is 41.4 Å². The lowest BCUT2D eigenvalue weighted by atomic mass is 9.96. The van der Waals surface area contributed by atoms with Crippen molar-refractivity contribution in [3.8, 4) is 0 Å². The summed E-state index contributed by atoms with van der Waals surface area (Å²) in [6.07, 6.45) is 0. The number of nitrogens with one attached hydrogen (secondary N) is 1. The molecule has 1 unspecified atom stereocenters. The molecule has 0 radical (unpaired) electrons. The Balaban J connectivity index is 1.93. The number of thioether (sulfide) groups is 1. The van der Waals surface area contributed by atoms with Crippen molar-refractivity contribution in [2.75, 3.05) is 5.75 Å². The average molecular weight is 307 g/mol. The fourth-order valence-corrected chi connectivity index (χ4v) is 3.16. The van der Waals surface area contributed by atoms with E-state index in [0.717, 1.165) is 9.90 Å². The minimum atomic E-state index is 0.0211. The standard InChI is InChI=1S/C14H17N3OS2/c1-10(2)13(11-6-4-3-5-7-11)16-12(18)8-19-14-17-15-9-20-14/h3-7,9-10,13H,8H2,1-2H3,(H,16,18). The average Bonchev–Trinajstić information content (AvgIpc) is 2.96. The molecule has 1 amide bonds. The van der Waals surface area contributed by atoms with Crippen LogP contribution in [0.4, 0.5) is 0 Å². The van der Waals surface area contributed by atoms with E-state index in [-0.39, 0.29) is 11.9 Å². The smallest absolute Gasteiger partial charge is 0.230 e. The highest BCUT2D eigenvalue weighted by Gasteiger charge is 2.18. The van der Waals surface area contributed by atoms with E-state index in [1.165, 1.54) is 23.1 Å². The molecule has 1 N–H and O–H groups in total. The van der Waals surface area contributed by atoms with Gasteiger partial charge < -0.3 is 5.32 Å². The molecule has 0 saturated heterocycles. The molecule has 1 aromatic heterocycles. The molecule has 4 nitrogen and oxygen atoms in total. The fraction of sp³-hybridized carbons (Fsp3) is 0.357. The summed E-state index contributed by atoms with van der Waals surface area (Å²) in [7, 11) is 0. The number of amides is 1. The van der Waals surface area contributed by atoms with Gasteiger partial charge in [-0.05, 0) is 11.5 Å². The zero-order valence-electron chi connectivity index (χ0n) is 11.4. The second-order valence-electron chi connectivity index (χ2n) is 4.69. The largest absolute Gasteiger partial charge is 0.348 e. The van der Waals surface area contributed by atoms with E-state index in [0.29, 0.717) is 11.7 Å². The SMILES string of the molecule is CC(C)C(NC(=O)CSc1nncs1)c1ccccc1. The van der Waals surface area contributed by atoms with Gasteiger partial charge in [-0.3, -0.25) is 4.79 Å². The molecule has 1 atom stereocenters. The van der Waals surface area contributed by atoms with Gasteiger partial charge in [0.2, 0.25) is 5.91 Å². The Hall–Kier alpha value is -1.40. The molecule has 20 heavy (non-hydrogen) atoms. The van der Waals surface area contributed by atoms with Crippen molar-refractivity contribution in [1.29, 1.82) is 0 Å². The molecule has 0 fully saturated rings. The van der Waals surface area contributed by atoms with Gasteiger partial charge in [-0.15, -0.1) is 10.2 Å². The van der Waals surface area contributed by atoms with Gasteiger partial charge in [0.05, 0.1) is 11.8 Å². The highest BCUT2D eigenvalue weighted by atomic mass is 32.2. The summed E-state index contributed by atoms with van der Waals surface area (Å²) in [6, 6.07) is 10.1. The number of nitrogens with zero attached hydrogens (tertiary/aromatic N) is 2. The maximum absolute atomic E-state index is 12.1. The molecule has 6 heteroatoms. The molecule has 2 aromatic rings. The van der Waals surface area contributed by atoms with Gasteiger partial charge in [0, 0.05) is 0 Å². The van der Waals surface area contributed by atoms with Crippen LogP contribution in [0.15, 0.2) is 40.2 Å². The lowest BCUT2D eigenvalue weighted by molar-refractivity contribution is -0.119. The van der Waals surface area contributed by atoms with Gasteiger partial charge in [0.1, 0.15) is 5.51 Å². The number of aromatic nitrogens is 2. The molecule has 0 bridgehead atoms. The third-order valence-corrected chi connectivity index (χ3v) is 4.67. The van der Waals surface area contributed by atoms with Crippen LogP contribution in [0.2, 0.25) is 0 Å². The summed E-state index contributed by atoms with van der Waals surface area (Å²) >= 11 is 2.86. The van der Waals surface area contributed by atoms with E-state index in [2.05, 4.69) is 29.4 Å². The molecule has 0 saturated carbocycles. The van der Waals surface area contributed by atoms with Crippen LogP contribution in [0.1, 0.15) is 25.5 Å². The van der Waals surface area contributed by atoms with Crippen LogP contribution in [-0.4, -0.2) is 21.9 Å². The lowest BCUT2D eigenvalue weighted by Gasteiger charge is -2.22. The number of hydrogen-bond acceptors (Lipinski definition) is 5.